The molecule has 0 aliphatic carbocycles. The molecule has 0 spiro atoms. The number of aryl methyl sites for hydroxylation is 1. The molecule has 1 saturated heterocycles. The van der Waals surface area contributed by atoms with Crippen LogP contribution >= 0.6 is 0 Å². The van der Waals surface area contributed by atoms with Gasteiger partial charge in [-0.3, -0.25) is 9.69 Å². The molecule has 0 unspecified atom stereocenters. The second-order valence-corrected chi connectivity index (χ2v) is 9.33. The van der Waals surface area contributed by atoms with Crippen LogP contribution in [0.2, 0.25) is 0 Å². The van der Waals surface area contributed by atoms with E-state index in [0.29, 0.717) is 31.0 Å². The van der Waals surface area contributed by atoms with Crippen LogP contribution in [0.3, 0.4) is 0 Å². The fourth-order valence-electron chi connectivity index (χ4n) is 5.09. The number of phenols is 1. The molecule has 2 N–H and O–H groups in total. The fraction of sp³-hybridized carbons (Fsp3) is 0.321. The lowest BCUT2D eigenvalue weighted by Crippen LogP contribution is -2.40. The first-order valence-corrected chi connectivity index (χ1v) is 12.1. The molecule has 2 aliphatic heterocycles. The van der Waals surface area contributed by atoms with E-state index in [4.69, 9.17) is 14.2 Å². The molecule has 1 amide bonds. The van der Waals surface area contributed by atoms with Crippen molar-refractivity contribution in [2.45, 2.75) is 31.3 Å². The number of phenolic OH excluding ortho intramolecular Hbond substituents is 1. The van der Waals surface area contributed by atoms with E-state index in [2.05, 4.69) is 5.32 Å². The summed E-state index contributed by atoms with van der Waals surface area (Å²) in [4.78, 5) is 14.9. The van der Waals surface area contributed by atoms with Crippen molar-refractivity contribution >= 4 is 5.91 Å². The Hall–Kier alpha value is -3.85. The zero-order valence-electron chi connectivity index (χ0n) is 20.6. The Bertz CT molecular complexity index is 1330. The number of aromatic hydroxyl groups is 1. The largest absolute Gasteiger partial charge is 0.504 e. The Morgan fingerprint density at radius 1 is 1.00 bits per heavy atom. The number of hydrogen-bond acceptors (Lipinski definition) is 6. The molecule has 0 radical (unpaired) electrons. The Kier molecular flexibility index (Phi) is 6.88. The molecular formula is C28H28F2N2O5. The third-order valence-corrected chi connectivity index (χ3v) is 7.00. The van der Waals surface area contributed by atoms with E-state index in [9.17, 15) is 18.7 Å². The highest BCUT2D eigenvalue weighted by Gasteiger charge is 2.36. The van der Waals surface area contributed by atoms with Crippen molar-refractivity contribution in [3.63, 3.8) is 0 Å². The summed E-state index contributed by atoms with van der Waals surface area (Å²) in [7, 11) is 2.95. The summed E-state index contributed by atoms with van der Waals surface area (Å²) in [5.41, 5.74) is 1.86. The van der Waals surface area contributed by atoms with E-state index in [1.165, 1.54) is 20.3 Å². The molecular weight excluding hydrogens is 482 g/mol. The number of carbonyl (C=O) groups excluding carboxylic acids is 1. The van der Waals surface area contributed by atoms with Gasteiger partial charge in [0.2, 0.25) is 5.91 Å². The van der Waals surface area contributed by atoms with Gasteiger partial charge in [-0.15, -0.1) is 0 Å². The quantitative estimate of drug-likeness (QED) is 0.538. The van der Waals surface area contributed by atoms with Crippen molar-refractivity contribution < 1.29 is 32.9 Å². The highest BCUT2D eigenvalue weighted by atomic mass is 19.2. The Balaban J connectivity index is 1.51. The number of halogens is 2. The van der Waals surface area contributed by atoms with E-state index in [1.54, 1.807) is 24.3 Å². The van der Waals surface area contributed by atoms with Crippen molar-refractivity contribution in [2.24, 2.45) is 0 Å². The minimum atomic E-state index is -0.938. The predicted octanol–water partition coefficient (Wildman–Crippen LogP) is 4.51. The SMILES string of the molecule is COc1ccc2cc1Oc1cc(ccc1O)CCC(=O)N[C@@H]1CN(Cc3c(OC)ccc(F)c3F)C[C@@H]21. The van der Waals surface area contributed by atoms with Crippen molar-refractivity contribution in [3.8, 4) is 28.7 Å². The molecule has 194 valence electrons. The highest BCUT2D eigenvalue weighted by Crippen LogP contribution is 2.40. The molecule has 2 aliphatic rings. The number of nitrogens with one attached hydrogen (secondary N) is 1. The van der Waals surface area contributed by atoms with Crippen LogP contribution in [0.15, 0.2) is 48.5 Å². The second kappa shape index (κ2) is 10.3. The second-order valence-electron chi connectivity index (χ2n) is 9.33. The van der Waals surface area contributed by atoms with Crippen molar-refractivity contribution in [2.75, 3.05) is 27.3 Å². The van der Waals surface area contributed by atoms with Gasteiger partial charge >= 0.3 is 0 Å². The third-order valence-electron chi connectivity index (χ3n) is 7.00. The third kappa shape index (κ3) is 5.04. The van der Waals surface area contributed by atoms with Crippen LogP contribution in [-0.4, -0.2) is 49.3 Å². The molecule has 3 aromatic carbocycles. The van der Waals surface area contributed by atoms with Gasteiger partial charge in [0.1, 0.15) is 5.75 Å². The zero-order chi connectivity index (χ0) is 26.1. The van der Waals surface area contributed by atoms with E-state index in [0.717, 1.165) is 17.2 Å². The Labute approximate surface area is 213 Å². The van der Waals surface area contributed by atoms with Gasteiger partial charge < -0.3 is 24.6 Å². The Morgan fingerprint density at radius 3 is 2.57 bits per heavy atom. The molecule has 5 rings (SSSR count). The number of methoxy groups -OCH3 is 2. The summed E-state index contributed by atoms with van der Waals surface area (Å²) in [6, 6.07) is 12.7. The number of amides is 1. The molecule has 1 fully saturated rings. The number of nitrogens with zero attached hydrogens (tertiary/aromatic N) is 1. The number of likely N-dealkylation sites (tertiary alicyclic amines) is 1. The maximum atomic E-state index is 14.7. The highest BCUT2D eigenvalue weighted by molar-refractivity contribution is 5.77. The van der Waals surface area contributed by atoms with Gasteiger partial charge in [0.25, 0.3) is 0 Å². The molecule has 2 heterocycles. The topological polar surface area (TPSA) is 80.3 Å². The summed E-state index contributed by atoms with van der Waals surface area (Å²) >= 11 is 0. The van der Waals surface area contributed by atoms with Crippen LogP contribution in [0.1, 0.15) is 29.0 Å². The van der Waals surface area contributed by atoms with Gasteiger partial charge in [0, 0.05) is 43.6 Å². The maximum Gasteiger partial charge on any atom is 0.220 e. The molecule has 3 aromatic rings. The number of rotatable bonds is 4. The smallest absolute Gasteiger partial charge is 0.220 e. The van der Waals surface area contributed by atoms with Crippen molar-refractivity contribution in [3.05, 3.63) is 76.9 Å². The van der Waals surface area contributed by atoms with E-state index >= 15 is 0 Å². The standard InChI is InChI=1S/C28H28F2N2O5/c1-35-23-9-6-20(29)28(30)19(23)14-32-13-18-17-5-8-24(36-2)26(12-17)37-25-11-16(3-7-22(25)33)4-10-27(34)31-21(18)15-32/h3,5-9,11-12,18,21,33H,4,10,13-15H2,1-2H3,(H,31,34)/t18-,21+/m0/s1. The van der Waals surface area contributed by atoms with Crippen LogP contribution in [0.4, 0.5) is 8.78 Å². The number of ether oxygens (including phenoxy) is 3. The summed E-state index contributed by atoms with van der Waals surface area (Å²) in [6.45, 7) is 1.04. The molecule has 0 aromatic heterocycles. The number of fused-ring (bicyclic) bond motifs is 6. The van der Waals surface area contributed by atoms with Crippen molar-refractivity contribution in [1.82, 2.24) is 10.2 Å². The molecule has 4 bridgehead atoms. The van der Waals surface area contributed by atoms with E-state index in [-0.39, 0.29) is 53.6 Å². The summed E-state index contributed by atoms with van der Waals surface area (Å²) in [6.07, 6.45) is 0.713. The minimum absolute atomic E-state index is 0.0217. The average Bonchev–Trinajstić information content (AvgIpc) is 3.29. The number of carbonyl (C=O) groups is 1. The average molecular weight is 511 g/mol. The normalized spacial score (nSPS) is 19.5. The van der Waals surface area contributed by atoms with Gasteiger partial charge in [-0.1, -0.05) is 12.1 Å². The predicted molar refractivity (Wildman–Crippen MR) is 132 cm³/mol. The molecule has 9 heteroatoms. The zero-order valence-corrected chi connectivity index (χ0v) is 20.6. The monoisotopic (exact) mass is 510 g/mol. The van der Waals surface area contributed by atoms with E-state index < -0.39 is 11.6 Å². The maximum absolute atomic E-state index is 14.7. The van der Waals surface area contributed by atoms with Crippen LogP contribution in [0.25, 0.3) is 0 Å². The van der Waals surface area contributed by atoms with Crippen LogP contribution in [0.5, 0.6) is 28.7 Å². The van der Waals surface area contributed by atoms with Crippen LogP contribution in [-0.2, 0) is 17.8 Å². The lowest BCUT2D eigenvalue weighted by atomic mass is 9.93. The number of hydrogen-bond donors (Lipinski definition) is 2. The molecule has 37 heavy (non-hydrogen) atoms. The molecule has 0 saturated carbocycles. The fourth-order valence-corrected chi connectivity index (χ4v) is 5.09. The lowest BCUT2D eigenvalue weighted by molar-refractivity contribution is -0.121. The minimum Gasteiger partial charge on any atom is -0.504 e. The first-order valence-electron chi connectivity index (χ1n) is 12.1. The number of benzene rings is 3. The van der Waals surface area contributed by atoms with Gasteiger partial charge in [-0.2, -0.15) is 0 Å². The van der Waals surface area contributed by atoms with Gasteiger partial charge in [-0.05, 0) is 53.9 Å². The lowest BCUT2D eigenvalue weighted by Gasteiger charge is -2.21. The van der Waals surface area contributed by atoms with Crippen molar-refractivity contribution in [1.29, 1.82) is 0 Å². The Morgan fingerprint density at radius 2 is 1.78 bits per heavy atom. The molecule has 2 atom stereocenters. The van der Waals surface area contributed by atoms with Crippen LogP contribution in [0, 0.1) is 11.6 Å². The summed E-state index contributed by atoms with van der Waals surface area (Å²) < 4.78 is 45.5. The first kappa shape index (κ1) is 24.8. The molecule has 7 nitrogen and oxygen atoms in total. The first-order chi connectivity index (χ1) is 17.9. The van der Waals surface area contributed by atoms with Crippen LogP contribution < -0.4 is 19.5 Å². The van der Waals surface area contributed by atoms with Gasteiger partial charge in [0.15, 0.2) is 34.6 Å². The van der Waals surface area contributed by atoms with E-state index in [1.807, 2.05) is 17.0 Å². The summed E-state index contributed by atoms with van der Waals surface area (Å²) in [5.74, 6) is -0.713. The van der Waals surface area contributed by atoms with Gasteiger partial charge in [0.05, 0.1) is 14.2 Å². The summed E-state index contributed by atoms with van der Waals surface area (Å²) in [5, 5.41) is 13.5. The van der Waals surface area contributed by atoms with Gasteiger partial charge in [-0.25, -0.2) is 8.78 Å².